The van der Waals surface area contributed by atoms with Crippen molar-refractivity contribution in [2.45, 2.75) is 33.1 Å². The standard InChI is InChI=1S/C36H36ClFN2O3S/c1-36(2,3)19-18-24-4-8-27(9-5-24)32(22-25-6-10-28(11-7-25)34(41)39-20-21-44-43)35(42)40-30-15-12-26(13-16-30)31-17-14-29(38)23-33(31)37/h4-19,23,32,43H,20-22H2,1-3H3,(H,39,41)(H,40,42)/p+1/b19-18+. The maximum absolute atomic E-state index is 13.8. The molecule has 1 unspecified atom stereocenters. The van der Waals surface area contributed by atoms with Gasteiger partial charge < -0.3 is 15.2 Å². The Morgan fingerprint density at radius 3 is 2.25 bits per heavy atom. The Morgan fingerprint density at radius 2 is 1.64 bits per heavy atom. The molecule has 0 aromatic heterocycles. The number of rotatable bonds is 11. The molecule has 8 heteroatoms. The van der Waals surface area contributed by atoms with E-state index in [9.17, 15) is 14.0 Å². The average molecular weight is 632 g/mol. The molecule has 0 bridgehead atoms. The van der Waals surface area contributed by atoms with Gasteiger partial charge in [0.1, 0.15) is 5.82 Å². The summed E-state index contributed by atoms with van der Waals surface area (Å²) in [5.41, 5.74) is 5.58. The second-order valence-corrected chi connectivity index (χ2v) is 12.7. The van der Waals surface area contributed by atoms with Gasteiger partial charge in [-0.25, -0.2) is 4.39 Å². The van der Waals surface area contributed by atoms with Crippen molar-refractivity contribution in [2.24, 2.45) is 5.41 Å². The van der Waals surface area contributed by atoms with Crippen LogP contribution < -0.4 is 10.6 Å². The van der Waals surface area contributed by atoms with Crippen LogP contribution in [0.5, 0.6) is 0 Å². The van der Waals surface area contributed by atoms with Crippen molar-refractivity contribution in [3.8, 4) is 11.1 Å². The number of carbonyl (C=O) groups is 2. The molecule has 44 heavy (non-hydrogen) atoms. The van der Waals surface area contributed by atoms with Gasteiger partial charge in [0.15, 0.2) is 12.0 Å². The number of anilines is 1. The normalized spacial score (nSPS) is 12.2. The Bertz CT molecular complexity index is 1600. The van der Waals surface area contributed by atoms with Crippen LogP contribution >= 0.6 is 23.6 Å². The van der Waals surface area contributed by atoms with Crippen LogP contribution in [0.1, 0.15) is 53.7 Å². The lowest BCUT2D eigenvalue weighted by atomic mass is 9.89. The van der Waals surface area contributed by atoms with Crippen LogP contribution in [0.2, 0.25) is 5.02 Å². The van der Waals surface area contributed by atoms with E-state index in [0.717, 1.165) is 34.3 Å². The van der Waals surface area contributed by atoms with Gasteiger partial charge in [0, 0.05) is 23.4 Å². The Balaban J connectivity index is 1.55. The number of amides is 2. The maximum atomic E-state index is 13.8. The van der Waals surface area contributed by atoms with Gasteiger partial charge in [-0.1, -0.05) is 93.1 Å². The number of allylic oxidation sites excluding steroid dienone is 1. The molecule has 4 aromatic rings. The Labute approximate surface area is 267 Å². The molecule has 0 fully saturated rings. The molecule has 0 radical (unpaired) electrons. The fraction of sp³-hybridized carbons (Fsp3) is 0.222. The average Bonchev–Trinajstić information content (AvgIpc) is 3.00. The highest BCUT2D eigenvalue weighted by atomic mass is 35.5. The smallest absolute Gasteiger partial charge is 0.251 e. The summed E-state index contributed by atoms with van der Waals surface area (Å²) in [7, 11) is 0. The molecular weight excluding hydrogens is 595 g/mol. The van der Waals surface area contributed by atoms with Crippen LogP contribution in [0.25, 0.3) is 17.2 Å². The van der Waals surface area contributed by atoms with Crippen LogP contribution in [0.4, 0.5) is 10.1 Å². The number of nitrogens with one attached hydrogen (secondary N) is 2. The molecule has 4 rings (SSSR count). The van der Waals surface area contributed by atoms with Gasteiger partial charge in [-0.2, -0.15) is 0 Å². The van der Waals surface area contributed by atoms with E-state index in [0.29, 0.717) is 40.6 Å². The van der Waals surface area contributed by atoms with Gasteiger partial charge in [-0.05, 0) is 76.6 Å². The van der Waals surface area contributed by atoms with Gasteiger partial charge in [0.25, 0.3) is 5.91 Å². The van der Waals surface area contributed by atoms with E-state index in [4.69, 9.17) is 16.2 Å². The fourth-order valence-electron chi connectivity index (χ4n) is 4.58. The summed E-state index contributed by atoms with van der Waals surface area (Å²) in [6, 6.07) is 26.8. The van der Waals surface area contributed by atoms with E-state index < -0.39 is 11.7 Å². The van der Waals surface area contributed by atoms with E-state index in [1.807, 2.05) is 48.5 Å². The van der Waals surface area contributed by atoms with Crippen molar-refractivity contribution >= 4 is 47.2 Å². The number of halogens is 2. The zero-order valence-corrected chi connectivity index (χ0v) is 26.6. The van der Waals surface area contributed by atoms with Crippen LogP contribution in [0.3, 0.4) is 0 Å². The van der Waals surface area contributed by atoms with Gasteiger partial charge >= 0.3 is 0 Å². The van der Waals surface area contributed by atoms with Crippen molar-refractivity contribution in [2.75, 3.05) is 17.6 Å². The molecule has 0 aliphatic carbocycles. The molecule has 0 aliphatic heterocycles. The fourth-order valence-corrected chi connectivity index (χ4v) is 5.06. The maximum Gasteiger partial charge on any atom is 0.251 e. The third-order valence-electron chi connectivity index (χ3n) is 6.97. The summed E-state index contributed by atoms with van der Waals surface area (Å²) in [6.07, 6.45) is 4.67. The lowest BCUT2D eigenvalue weighted by Gasteiger charge is -2.19. The summed E-state index contributed by atoms with van der Waals surface area (Å²) >= 11 is 7.17. The molecule has 0 saturated heterocycles. The first-order valence-electron chi connectivity index (χ1n) is 14.3. The van der Waals surface area contributed by atoms with Crippen molar-refractivity contribution in [3.05, 3.63) is 130 Å². The molecule has 4 aromatic carbocycles. The Hall–Kier alpha value is -3.91. The first-order chi connectivity index (χ1) is 21.0. The lowest BCUT2D eigenvalue weighted by molar-refractivity contribution is -0.117. The number of hydrogen-bond donors (Lipinski definition) is 2. The summed E-state index contributed by atoms with van der Waals surface area (Å²) in [6.45, 7) is 6.86. The van der Waals surface area contributed by atoms with E-state index in [1.165, 1.54) is 12.1 Å². The van der Waals surface area contributed by atoms with Crippen molar-refractivity contribution in [3.63, 3.8) is 0 Å². The summed E-state index contributed by atoms with van der Waals surface area (Å²) in [4.78, 5) is 26.2. The quantitative estimate of drug-likeness (QED) is 0.0993. The van der Waals surface area contributed by atoms with E-state index in [2.05, 4.69) is 43.6 Å². The second kappa shape index (κ2) is 15.2. The highest BCUT2D eigenvalue weighted by molar-refractivity contribution is 7.93. The highest BCUT2D eigenvalue weighted by Gasteiger charge is 2.22. The van der Waals surface area contributed by atoms with Crippen molar-refractivity contribution in [1.82, 2.24) is 5.32 Å². The lowest BCUT2D eigenvalue weighted by Crippen LogP contribution is -2.25. The molecular formula is C36H37ClFN2O3S+. The van der Waals surface area contributed by atoms with Gasteiger partial charge in [-0.15, -0.1) is 0 Å². The minimum atomic E-state index is -0.490. The Kier molecular flexibility index (Phi) is 11.4. The largest absolute Gasteiger partial charge is 0.372 e. The molecule has 1 atom stereocenters. The van der Waals surface area contributed by atoms with Crippen LogP contribution in [-0.4, -0.2) is 28.7 Å². The molecule has 0 aliphatic rings. The zero-order valence-electron chi connectivity index (χ0n) is 25.0. The molecule has 4 N–H and O–H groups in total. The van der Waals surface area contributed by atoms with E-state index in [-0.39, 0.29) is 17.2 Å². The summed E-state index contributed by atoms with van der Waals surface area (Å²) in [5.74, 6) is -0.719. The minimum absolute atomic E-state index is 0.0579. The minimum Gasteiger partial charge on any atom is -0.372 e. The summed E-state index contributed by atoms with van der Waals surface area (Å²) < 4.78 is 20.7. The SMILES string of the molecule is CC(C)(C)/C=C/c1ccc(C(Cc2ccc(C(=O)NCCS[OH2+])cc2)C(=O)Nc2ccc(-c3ccc(F)cc3Cl)cc2)cc1. The Morgan fingerprint density at radius 1 is 0.955 bits per heavy atom. The monoisotopic (exact) mass is 631 g/mol. The van der Waals surface area contributed by atoms with Gasteiger partial charge in [-0.3, -0.25) is 9.59 Å². The molecule has 2 amide bonds. The predicted octanol–water partition coefficient (Wildman–Crippen LogP) is 8.27. The summed E-state index contributed by atoms with van der Waals surface area (Å²) in [5, 5.41) is 6.17. The van der Waals surface area contributed by atoms with Crippen molar-refractivity contribution in [1.29, 1.82) is 0 Å². The highest BCUT2D eigenvalue weighted by Crippen LogP contribution is 2.30. The van der Waals surface area contributed by atoms with Crippen molar-refractivity contribution < 1.29 is 18.5 Å². The number of benzene rings is 4. The first kappa shape index (κ1) is 33.0. The van der Waals surface area contributed by atoms with Gasteiger partial charge in [0.05, 0.1) is 16.7 Å². The first-order valence-corrected chi connectivity index (χ1v) is 15.7. The number of hydrogen-bond acceptors (Lipinski definition) is 3. The predicted molar refractivity (Wildman–Crippen MR) is 182 cm³/mol. The van der Waals surface area contributed by atoms with Gasteiger partial charge in [0.2, 0.25) is 5.91 Å². The van der Waals surface area contributed by atoms with E-state index in [1.54, 1.807) is 30.3 Å². The molecule has 0 spiro atoms. The third-order valence-corrected chi connectivity index (χ3v) is 7.69. The second-order valence-electron chi connectivity index (χ2n) is 11.6. The van der Waals surface area contributed by atoms with Crippen LogP contribution in [0, 0.1) is 11.2 Å². The molecule has 5 nitrogen and oxygen atoms in total. The van der Waals surface area contributed by atoms with Crippen LogP contribution in [-0.2, 0) is 11.2 Å². The topological polar surface area (TPSA) is 81.1 Å². The number of carbonyl (C=O) groups excluding carboxylic acids is 2. The third kappa shape index (κ3) is 9.55. The van der Waals surface area contributed by atoms with Crippen LogP contribution in [0.15, 0.2) is 97.1 Å². The van der Waals surface area contributed by atoms with E-state index >= 15 is 0 Å². The molecule has 0 heterocycles. The molecule has 0 saturated carbocycles. The zero-order chi connectivity index (χ0) is 31.7. The molecule has 228 valence electrons.